The molecule has 0 radical (unpaired) electrons. The molecule has 0 saturated heterocycles. The third-order valence-electron chi connectivity index (χ3n) is 7.82. The Bertz CT molecular complexity index is 560. The third-order valence-corrected chi connectivity index (χ3v) is 13.6. The van der Waals surface area contributed by atoms with E-state index >= 15 is 0 Å². The number of hydrogen-bond acceptors (Lipinski definition) is 3. The topological polar surface area (TPSA) is 9.23 Å². The highest BCUT2D eigenvalue weighted by Gasteiger charge is 2.12. The number of rotatable bonds is 34. The summed E-state index contributed by atoms with van der Waals surface area (Å²) < 4.78 is 4.07. The van der Waals surface area contributed by atoms with E-state index in [0.717, 1.165) is 18.8 Å². The summed E-state index contributed by atoms with van der Waals surface area (Å²) in [5, 5.41) is 0. The first kappa shape index (κ1) is 41.8. The van der Waals surface area contributed by atoms with Gasteiger partial charge in [0.2, 0.25) is 0 Å². The second-order valence-corrected chi connectivity index (χ2v) is 21.7. The summed E-state index contributed by atoms with van der Waals surface area (Å²) in [6.07, 6.45) is 47.3. The molecule has 0 amide bonds. The molecule has 0 aromatic heterocycles. The van der Waals surface area contributed by atoms with Crippen LogP contribution in [0.25, 0.3) is 0 Å². The van der Waals surface area contributed by atoms with Crippen molar-refractivity contribution < 1.29 is 4.52 Å². The smallest absolute Gasteiger partial charge is 0.171 e. The molecule has 0 saturated carbocycles. The monoisotopic (exact) mass is 646 g/mol. The molecule has 0 spiro atoms. The van der Waals surface area contributed by atoms with E-state index in [1.165, 1.54) is 173 Å². The maximum Gasteiger partial charge on any atom is 0.171 e. The zero-order valence-electron chi connectivity index (χ0n) is 27.6. The van der Waals surface area contributed by atoms with Crippen molar-refractivity contribution in [3.05, 3.63) is 24.3 Å². The van der Waals surface area contributed by atoms with Crippen LogP contribution in [0.15, 0.2) is 24.3 Å². The van der Waals surface area contributed by atoms with Gasteiger partial charge >= 0.3 is 0 Å². The first-order chi connectivity index (χ1) is 20.1. The van der Waals surface area contributed by atoms with Gasteiger partial charge in [0.25, 0.3) is 0 Å². The second-order valence-electron chi connectivity index (χ2n) is 12.0. The lowest BCUT2D eigenvalue weighted by atomic mass is 10.1. The summed E-state index contributed by atoms with van der Waals surface area (Å²) in [4.78, 5) is 0. The zero-order valence-corrected chi connectivity index (χ0v) is 31.1. The number of unbranched alkanes of at least 4 members (excludes halogenated alkanes) is 24. The predicted molar refractivity (Wildman–Crippen MR) is 201 cm³/mol. The molecule has 0 aliphatic heterocycles. The number of thiol groups is 1. The fraction of sp³-hybridized carbons (Fsp3) is 0.889. The van der Waals surface area contributed by atoms with Crippen LogP contribution in [-0.2, 0) is 16.3 Å². The SMILES string of the molecule is CCCCCCCCC=CCCCCCCCCOP(=S)(S)SCCCCCCCCC=CCCCCCCCC. The molecule has 0 N–H and O–H groups in total. The predicted octanol–water partition coefficient (Wildman–Crippen LogP) is 15.0. The largest absolute Gasteiger partial charge is 0.334 e. The van der Waals surface area contributed by atoms with E-state index in [4.69, 9.17) is 28.6 Å². The van der Waals surface area contributed by atoms with Gasteiger partial charge in [0.05, 0.1) is 6.61 Å². The Kier molecular flexibility index (Phi) is 36.0. The van der Waals surface area contributed by atoms with Crippen LogP contribution in [-0.4, -0.2) is 12.4 Å². The highest BCUT2D eigenvalue weighted by Crippen LogP contribution is 2.64. The van der Waals surface area contributed by atoms with Crippen LogP contribution in [0.2, 0.25) is 0 Å². The van der Waals surface area contributed by atoms with Crippen LogP contribution in [0.1, 0.15) is 194 Å². The van der Waals surface area contributed by atoms with E-state index in [-0.39, 0.29) is 0 Å². The van der Waals surface area contributed by atoms with Crippen molar-refractivity contribution in [3.63, 3.8) is 0 Å². The first-order valence-electron chi connectivity index (χ1n) is 18.0. The van der Waals surface area contributed by atoms with Gasteiger partial charge in [-0.2, -0.15) is 0 Å². The lowest BCUT2D eigenvalue weighted by Crippen LogP contribution is -1.90. The fourth-order valence-electron chi connectivity index (χ4n) is 5.10. The minimum absolute atomic E-state index is 0.794. The van der Waals surface area contributed by atoms with Crippen molar-refractivity contribution in [1.82, 2.24) is 0 Å². The van der Waals surface area contributed by atoms with Crippen LogP contribution < -0.4 is 0 Å². The van der Waals surface area contributed by atoms with Crippen molar-refractivity contribution in [2.45, 2.75) is 194 Å². The van der Waals surface area contributed by atoms with Gasteiger partial charge in [-0.05, 0) is 76.0 Å². The van der Waals surface area contributed by atoms with Gasteiger partial charge in [-0.15, -0.1) is 12.2 Å². The average Bonchev–Trinajstić information content (AvgIpc) is 2.96. The molecule has 0 heterocycles. The van der Waals surface area contributed by atoms with E-state index in [9.17, 15) is 0 Å². The molecule has 5 heteroatoms. The maximum absolute atomic E-state index is 6.02. The molecule has 0 aliphatic rings. The van der Waals surface area contributed by atoms with Crippen molar-refractivity contribution in [2.75, 3.05) is 12.4 Å². The van der Waals surface area contributed by atoms with Crippen LogP contribution >= 0.6 is 28.3 Å². The van der Waals surface area contributed by atoms with Crippen molar-refractivity contribution in [3.8, 4) is 0 Å². The van der Waals surface area contributed by atoms with E-state index in [2.05, 4.69) is 38.2 Å². The zero-order chi connectivity index (χ0) is 30.0. The van der Waals surface area contributed by atoms with Crippen molar-refractivity contribution in [1.29, 1.82) is 0 Å². The Morgan fingerprint density at radius 2 is 0.805 bits per heavy atom. The lowest BCUT2D eigenvalue weighted by molar-refractivity contribution is 0.347. The van der Waals surface area contributed by atoms with Gasteiger partial charge in [-0.25, -0.2) is 0 Å². The summed E-state index contributed by atoms with van der Waals surface area (Å²) in [5.41, 5.74) is 0. The Hall–Kier alpha value is 0.790. The number of allylic oxidation sites excluding steroid dienone is 4. The van der Waals surface area contributed by atoms with Crippen molar-refractivity contribution in [2.24, 2.45) is 0 Å². The molecule has 0 aromatic rings. The van der Waals surface area contributed by atoms with Gasteiger partial charge in [-0.3, -0.25) is 0 Å². The molecule has 1 unspecified atom stereocenters. The van der Waals surface area contributed by atoms with E-state index < -0.39 is 4.67 Å². The fourth-order valence-corrected chi connectivity index (χ4v) is 9.50. The average molecular weight is 647 g/mol. The molecule has 41 heavy (non-hydrogen) atoms. The van der Waals surface area contributed by atoms with Crippen LogP contribution in [0.4, 0.5) is 0 Å². The second kappa shape index (κ2) is 35.3. The Labute approximate surface area is 273 Å². The Balaban J connectivity index is 3.35. The minimum Gasteiger partial charge on any atom is -0.334 e. The molecule has 0 bridgehead atoms. The molecule has 0 rings (SSSR count). The molecule has 244 valence electrons. The molecule has 0 fully saturated rings. The highest BCUT2D eigenvalue weighted by atomic mass is 33.2. The van der Waals surface area contributed by atoms with Gasteiger partial charge in [0.1, 0.15) is 0 Å². The van der Waals surface area contributed by atoms with Crippen LogP contribution in [0, 0.1) is 0 Å². The Morgan fingerprint density at radius 1 is 0.488 bits per heavy atom. The molecule has 0 aliphatic carbocycles. The third kappa shape index (κ3) is 36.9. The summed E-state index contributed by atoms with van der Waals surface area (Å²) in [6.45, 7) is 5.37. The summed E-state index contributed by atoms with van der Waals surface area (Å²) in [7, 11) is 0. The van der Waals surface area contributed by atoms with Gasteiger partial charge in [0.15, 0.2) is 4.67 Å². The quantitative estimate of drug-likeness (QED) is 0.0323. The summed E-state index contributed by atoms with van der Waals surface area (Å²) in [5.74, 6) is 1.11. The van der Waals surface area contributed by atoms with E-state index in [1.54, 1.807) is 11.4 Å². The summed E-state index contributed by atoms with van der Waals surface area (Å²) in [6, 6.07) is 0. The lowest BCUT2D eigenvalue weighted by Gasteiger charge is -2.15. The highest BCUT2D eigenvalue weighted by molar-refractivity contribution is 8.95. The van der Waals surface area contributed by atoms with Crippen molar-refractivity contribution >= 4 is 40.1 Å². The molecular formula is C36H71OPS3. The maximum atomic E-state index is 6.02. The molecule has 1 atom stereocenters. The van der Waals surface area contributed by atoms with Gasteiger partial charge in [-0.1, -0.05) is 165 Å². The van der Waals surface area contributed by atoms with E-state index in [0.29, 0.717) is 0 Å². The van der Waals surface area contributed by atoms with Gasteiger partial charge < -0.3 is 4.52 Å². The minimum atomic E-state index is -1.94. The van der Waals surface area contributed by atoms with Gasteiger partial charge in [0, 0.05) is 5.75 Å². The normalized spacial score (nSPS) is 13.5. The first-order valence-corrected chi connectivity index (χ1v) is 23.5. The number of hydrogen-bond donors (Lipinski definition) is 1. The van der Waals surface area contributed by atoms with Crippen LogP contribution in [0.3, 0.4) is 0 Å². The standard InChI is InChI=1S/C36H71OPS3/c1-3-5-7-9-11-13-15-17-19-21-23-25-27-29-31-33-35-37-38(39,40)41-36-34-32-30-28-26-24-22-20-18-16-14-12-10-8-6-4-2/h17-20H,3-16,21-36H2,1-2H3,(H,39,40). The Morgan fingerprint density at radius 3 is 1.20 bits per heavy atom. The molecule has 1 nitrogen and oxygen atoms in total. The molecule has 0 aromatic carbocycles. The molecular weight excluding hydrogens is 576 g/mol. The summed E-state index contributed by atoms with van der Waals surface area (Å²) >= 11 is 12.2. The van der Waals surface area contributed by atoms with E-state index in [1.807, 2.05) is 0 Å². The van der Waals surface area contributed by atoms with Crippen LogP contribution in [0.5, 0.6) is 0 Å².